The summed E-state index contributed by atoms with van der Waals surface area (Å²) >= 11 is 0. The maximum atomic E-state index is 6.05. The van der Waals surface area contributed by atoms with E-state index < -0.39 is 0 Å². The Kier molecular flexibility index (Phi) is 2.06. The molecule has 17 heavy (non-hydrogen) atoms. The number of rotatable bonds is 1. The van der Waals surface area contributed by atoms with E-state index in [2.05, 4.69) is 30.3 Å². The lowest BCUT2D eigenvalue weighted by Crippen LogP contribution is -3.15. The van der Waals surface area contributed by atoms with Gasteiger partial charge in [0, 0.05) is 18.2 Å². The van der Waals surface area contributed by atoms with Crippen molar-refractivity contribution in [2.45, 2.75) is 18.8 Å². The molecule has 0 saturated carbocycles. The normalized spacial score (nSPS) is 32.1. The first-order chi connectivity index (χ1) is 8.40. The summed E-state index contributed by atoms with van der Waals surface area (Å²) in [5.74, 6) is 2.76. The minimum atomic E-state index is 0.667. The molecule has 2 aromatic rings. The molecule has 3 fully saturated rings. The Balaban J connectivity index is 1.74. The average Bonchev–Trinajstić information content (AvgIpc) is 2.83. The summed E-state index contributed by atoms with van der Waals surface area (Å²) in [4.78, 5) is 1.78. The molecular weight excluding hydrogens is 210 g/mol. The predicted octanol–water partition coefficient (Wildman–Crippen LogP) is 1.82. The van der Waals surface area contributed by atoms with Crippen molar-refractivity contribution in [3.05, 3.63) is 36.1 Å². The van der Waals surface area contributed by atoms with Crippen molar-refractivity contribution in [1.29, 1.82) is 0 Å². The van der Waals surface area contributed by atoms with Crippen molar-refractivity contribution in [3.8, 4) is 0 Å². The molecule has 0 radical (unpaired) electrons. The third-order valence-electron chi connectivity index (χ3n) is 4.63. The minimum absolute atomic E-state index is 0.667. The molecule has 0 amide bonds. The second-order valence-corrected chi connectivity index (χ2v) is 5.58. The highest BCUT2D eigenvalue weighted by molar-refractivity contribution is 5.77. The lowest BCUT2D eigenvalue weighted by Gasteiger charge is -2.40. The lowest BCUT2D eigenvalue weighted by atomic mass is 9.78. The van der Waals surface area contributed by atoms with Crippen LogP contribution >= 0.6 is 0 Å². The Morgan fingerprint density at radius 3 is 2.65 bits per heavy atom. The molecule has 2 nitrogen and oxygen atoms in total. The highest BCUT2D eigenvalue weighted by atomic mass is 16.3. The van der Waals surface area contributed by atoms with Gasteiger partial charge in [-0.1, -0.05) is 18.2 Å². The number of furan rings is 1. The first-order valence-corrected chi connectivity index (χ1v) is 6.72. The van der Waals surface area contributed by atoms with Crippen molar-refractivity contribution in [3.63, 3.8) is 0 Å². The third kappa shape index (κ3) is 1.51. The van der Waals surface area contributed by atoms with Gasteiger partial charge in [0.05, 0.1) is 25.6 Å². The van der Waals surface area contributed by atoms with Gasteiger partial charge < -0.3 is 9.32 Å². The maximum Gasteiger partial charge on any atom is 0.134 e. The van der Waals surface area contributed by atoms with Crippen LogP contribution in [0.4, 0.5) is 0 Å². The van der Waals surface area contributed by atoms with E-state index in [1.54, 1.807) is 4.90 Å². The van der Waals surface area contributed by atoms with Gasteiger partial charge in [-0.15, -0.1) is 0 Å². The van der Waals surface area contributed by atoms with E-state index in [1.807, 2.05) is 0 Å². The van der Waals surface area contributed by atoms with Gasteiger partial charge in [0.15, 0.2) is 0 Å². The van der Waals surface area contributed by atoms with Gasteiger partial charge in [0.25, 0.3) is 0 Å². The number of nitrogens with one attached hydrogen (secondary N) is 1. The van der Waals surface area contributed by atoms with Crippen molar-refractivity contribution < 1.29 is 9.32 Å². The number of hydrogen-bond donors (Lipinski definition) is 1. The highest BCUT2D eigenvalue weighted by Crippen LogP contribution is 2.35. The molecule has 0 aliphatic carbocycles. The number of piperidine rings is 3. The summed E-state index contributed by atoms with van der Waals surface area (Å²) in [6.45, 7) is 4.03. The van der Waals surface area contributed by atoms with Crippen LogP contribution in [0, 0.1) is 5.92 Å². The van der Waals surface area contributed by atoms with Crippen LogP contribution in [0.2, 0.25) is 0 Å². The van der Waals surface area contributed by atoms with Gasteiger partial charge in [0.1, 0.15) is 11.3 Å². The zero-order chi connectivity index (χ0) is 11.2. The van der Waals surface area contributed by atoms with Crippen LogP contribution in [0.1, 0.15) is 24.5 Å². The summed E-state index contributed by atoms with van der Waals surface area (Å²) in [7, 11) is 0. The van der Waals surface area contributed by atoms with Crippen molar-refractivity contribution in [2.24, 2.45) is 5.92 Å². The first-order valence-electron chi connectivity index (χ1n) is 6.72. The fourth-order valence-electron chi connectivity index (χ4n) is 3.65. The zero-order valence-electron chi connectivity index (χ0n) is 9.99. The lowest BCUT2D eigenvalue weighted by molar-refractivity contribution is -0.918. The van der Waals surface area contributed by atoms with Gasteiger partial charge >= 0.3 is 0 Å². The molecule has 3 saturated heterocycles. The Hall–Kier alpha value is -1.28. The molecule has 1 atom stereocenters. The molecular formula is C15H18NO+. The van der Waals surface area contributed by atoms with E-state index in [4.69, 9.17) is 4.42 Å². The van der Waals surface area contributed by atoms with Crippen molar-refractivity contribution in [1.82, 2.24) is 0 Å². The van der Waals surface area contributed by atoms with Crippen LogP contribution in [-0.2, 0) is 0 Å². The van der Waals surface area contributed by atoms with E-state index in [0.29, 0.717) is 5.92 Å². The molecule has 1 unspecified atom stereocenters. The topological polar surface area (TPSA) is 17.6 Å². The fraction of sp³-hybridized carbons (Fsp3) is 0.467. The Bertz CT molecular complexity index is 504. The molecule has 88 valence electrons. The maximum absolute atomic E-state index is 6.05. The number of benzene rings is 1. The number of para-hydroxylation sites is 1. The predicted molar refractivity (Wildman–Crippen MR) is 67.2 cm³/mol. The monoisotopic (exact) mass is 228 g/mol. The minimum Gasteiger partial charge on any atom is -0.461 e. The summed E-state index contributed by atoms with van der Waals surface area (Å²) in [5, 5.41) is 1.26. The molecule has 1 aromatic carbocycles. The number of fused-ring (bicyclic) bond motifs is 4. The summed E-state index contributed by atoms with van der Waals surface area (Å²) in [5.41, 5.74) is 1.05. The van der Waals surface area contributed by atoms with Crippen LogP contribution in [0.25, 0.3) is 11.0 Å². The zero-order valence-corrected chi connectivity index (χ0v) is 9.99. The van der Waals surface area contributed by atoms with Crippen molar-refractivity contribution in [2.75, 3.05) is 19.6 Å². The van der Waals surface area contributed by atoms with E-state index in [9.17, 15) is 0 Å². The van der Waals surface area contributed by atoms with E-state index >= 15 is 0 Å². The SMILES string of the molecule is c1ccc2oc(C3C[NH+]4CCC3CC4)cc2c1. The summed E-state index contributed by atoms with van der Waals surface area (Å²) in [6.07, 6.45) is 2.77. The second-order valence-electron chi connectivity index (χ2n) is 5.58. The molecule has 1 N–H and O–H groups in total. The molecule has 1 aromatic heterocycles. The fourth-order valence-corrected chi connectivity index (χ4v) is 3.65. The highest BCUT2D eigenvalue weighted by Gasteiger charge is 2.39. The molecule has 4 heterocycles. The molecule has 0 spiro atoms. The Morgan fingerprint density at radius 1 is 1.12 bits per heavy atom. The van der Waals surface area contributed by atoms with Gasteiger partial charge in [0.2, 0.25) is 0 Å². The summed E-state index contributed by atoms with van der Waals surface area (Å²) in [6, 6.07) is 10.6. The third-order valence-corrected chi connectivity index (χ3v) is 4.63. The first kappa shape index (κ1) is 9.72. The van der Waals surface area contributed by atoms with Crippen LogP contribution in [0.5, 0.6) is 0 Å². The number of hydrogen-bond acceptors (Lipinski definition) is 1. The molecule has 3 aliphatic heterocycles. The molecule has 2 bridgehead atoms. The van der Waals surface area contributed by atoms with Crippen LogP contribution in [0.15, 0.2) is 34.7 Å². The van der Waals surface area contributed by atoms with Crippen LogP contribution < -0.4 is 4.90 Å². The quantitative estimate of drug-likeness (QED) is 0.788. The van der Waals surface area contributed by atoms with Crippen molar-refractivity contribution >= 4 is 11.0 Å². The van der Waals surface area contributed by atoms with E-state index in [1.165, 1.54) is 43.6 Å². The largest absolute Gasteiger partial charge is 0.461 e. The van der Waals surface area contributed by atoms with Gasteiger partial charge in [-0.25, -0.2) is 0 Å². The van der Waals surface area contributed by atoms with Gasteiger partial charge in [-0.05, 0) is 18.1 Å². The number of quaternary nitrogens is 1. The van der Waals surface area contributed by atoms with E-state index in [-0.39, 0.29) is 0 Å². The Labute approximate surface area is 101 Å². The molecule has 3 aliphatic rings. The van der Waals surface area contributed by atoms with Gasteiger partial charge in [-0.3, -0.25) is 0 Å². The summed E-state index contributed by atoms with van der Waals surface area (Å²) < 4.78 is 6.05. The second kappa shape index (κ2) is 3.61. The van der Waals surface area contributed by atoms with Gasteiger partial charge in [-0.2, -0.15) is 0 Å². The van der Waals surface area contributed by atoms with Crippen LogP contribution in [-0.4, -0.2) is 19.6 Å². The smallest absolute Gasteiger partial charge is 0.134 e. The molecule has 5 rings (SSSR count). The molecule has 2 heteroatoms. The van der Waals surface area contributed by atoms with Crippen LogP contribution in [0.3, 0.4) is 0 Å². The average molecular weight is 228 g/mol. The van der Waals surface area contributed by atoms with E-state index in [0.717, 1.165) is 11.5 Å². The Morgan fingerprint density at radius 2 is 1.94 bits per heavy atom. The standard InChI is InChI=1S/C15H17NO/c1-2-4-14-12(3-1)9-15(17-14)13-10-16-7-5-11(13)6-8-16/h1-4,9,11,13H,5-8,10H2/p+1.